The second-order valence-electron chi connectivity index (χ2n) is 5.38. The zero-order chi connectivity index (χ0) is 17.8. The molecule has 130 valence electrons. The molecule has 25 heavy (non-hydrogen) atoms. The van der Waals surface area contributed by atoms with Crippen molar-refractivity contribution in [1.29, 1.82) is 0 Å². The molecule has 0 unspecified atom stereocenters. The number of aromatic carboxylic acids is 1. The molecule has 0 aliphatic carbocycles. The van der Waals surface area contributed by atoms with E-state index in [1.807, 2.05) is 0 Å². The Balaban J connectivity index is 1.66. The van der Waals surface area contributed by atoms with Crippen LogP contribution in [-0.4, -0.2) is 29.4 Å². The second-order valence-corrected chi connectivity index (χ2v) is 5.38. The number of fused-ring (bicyclic) bond motifs is 1. The minimum absolute atomic E-state index is 0.108. The molecule has 0 spiro atoms. The van der Waals surface area contributed by atoms with Crippen LogP contribution in [0.4, 0.5) is 0 Å². The SMILES string of the molecule is COc1ccc(OCCCn2c(=O)oc3ccc(C(=O)O)cc32)cc1. The first-order chi connectivity index (χ1) is 12.1. The molecule has 0 saturated carbocycles. The number of benzene rings is 2. The van der Waals surface area contributed by atoms with Gasteiger partial charge in [0.15, 0.2) is 5.58 Å². The van der Waals surface area contributed by atoms with Crippen LogP contribution in [0.25, 0.3) is 11.1 Å². The van der Waals surface area contributed by atoms with Crippen molar-refractivity contribution < 1.29 is 23.8 Å². The molecule has 0 radical (unpaired) electrons. The first-order valence-electron chi connectivity index (χ1n) is 7.72. The van der Waals surface area contributed by atoms with Gasteiger partial charge in [-0.05, 0) is 48.9 Å². The van der Waals surface area contributed by atoms with E-state index in [4.69, 9.17) is 19.0 Å². The fraction of sp³-hybridized carbons (Fsp3) is 0.222. The molecule has 3 aromatic rings. The van der Waals surface area contributed by atoms with Gasteiger partial charge in [-0.25, -0.2) is 9.59 Å². The summed E-state index contributed by atoms with van der Waals surface area (Å²) in [5, 5.41) is 9.07. The Morgan fingerprint density at radius 1 is 1.16 bits per heavy atom. The van der Waals surface area contributed by atoms with Crippen molar-refractivity contribution in [2.75, 3.05) is 13.7 Å². The monoisotopic (exact) mass is 343 g/mol. The summed E-state index contributed by atoms with van der Waals surface area (Å²) in [7, 11) is 1.60. The van der Waals surface area contributed by atoms with E-state index < -0.39 is 11.7 Å². The molecular weight excluding hydrogens is 326 g/mol. The van der Waals surface area contributed by atoms with Gasteiger partial charge in [0.05, 0.1) is 24.8 Å². The molecule has 0 saturated heterocycles. The highest BCUT2D eigenvalue weighted by Gasteiger charge is 2.12. The lowest BCUT2D eigenvalue weighted by Crippen LogP contribution is -2.16. The van der Waals surface area contributed by atoms with Gasteiger partial charge in [0.25, 0.3) is 0 Å². The third-order valence-electron chi connectivity index (χ3n) is 3.77. The molecule has 0 amide bonds. The minimum Gasteiger partial charge on any atom is -0.497 e. The molecule has 0 aliphatic heterocycles. The number of aryl methyl sites for hydroxylation is 1. The number of carbonyl (C=O) groups is 1. The van der Waals surface area contributed by atoms with Crippen LogP contribution < -0.4 is 15.2 Å². The van der Waals surface area contributed by atoms with Crippen molar-refractivity contribution in [3.63, 3.8) is 0 Å². The number of oxazole rings is 1. The number of aromatic nitrogens is 1. The zero-order valence-electron chi connectivity index (χ0n) is 13.6. The maximum Gasteiger partial charge on any atom is 0.419 e. The highest BCUT2D eigenvalue weighted by atomic mass is 16.5. The van der Waals surface area contributed by atoms with E-state index in [9.17, 15) is 9.59 Å². The maximum atomic E-state index is 11.9. The molecule has 2 aromatic carbocycles. The van der Waals surface area contributed by atoms with Crippen LogP contribution in [-0.2, 0) is 6.54 Å². The summed E-state index contributed by atoms with van der Waals surface area (Å²) >= 11 is 0. The Morgan fingerprint density at radius 2 is 1.88 bits per heavy atom. The maximum absolute atomic E-state index is 11.9. The summed E-state index contributed by atoms with van der Waals surface area (Å²) in [6, 6.07) is 11.5. The molecule has 0 atom stereocenters. The standard InChI is InChI=1S/C18H17NO6/c1-23-13-4-6-14(7-5-13)24-10-2-9-19-15-11-12(17(20)21)3-8-16(15)25-18(19)22/h3-8,11H,2,9-10H2,1H3,(H,20,21). The molecule has 1 aromatic heterocycles. The topological polar surface area (TPSA) is 90.9 Å². The van der Waals surface area contributed by atoms with Gasteiger partial charge in [0, 0.05) is 6.54 Å². The highest BCUT2D eigenvalue weighted by molar-refractivity contribution is 5.91. The number of carboxylic acid groups (broad SMARTS) is 1. The zero-order valence-corrected chi connectivity index (χ0v) is 13.6. The van der Waals surface area contributed by atoms with Crippen molar-refractivity contribution in [1.82, 2.24) is 4.57 Å². The molecule has 7 heteroatoms. The van der Waals surface area contributed by atoms with Crippen molar-refractivity contribution >= 4 is 17.1 Å². The van der Waals surface area contributed by atoms with Crippen LogP contribution >= 0.6 is 0 Å². The predicted octanol–water partition coefficient (Wildman–Crippen LogP) is 2.77. The number of hydrogen-bond acceptors (Lipinski definition) is 5. The third-order valence-corrected chi connectivity index (χ3v) is 3.77. The van der Waals surface area contributed by atoms with Gasteiger partial charge in [-0.1, -0.05) is 0 Å². The number of carboxylic acids is 1. The van der Waals surface area contributed by atoms with Crippen LogP contribution in [0.5, 0.6) is 11.5 Å². The lowest BCUT2D eigenvalue weighted by molar-refractivity contribution is 0.0697. The van der Waals surface area contributed by atoms with E-state index in [0.29, 0.717) is 36.4 Å². The van der Waals surface area contributed by atoms with Gasteiger partial charge in [-0.15, -0.1) is 0 Å². The fourth-order valence-corrected chi connectivity index (χ4v) is 2.49. The molecule has 3 rings (SSSR count). The number of ether oxygens (including phenoxy) is 2. The van der Waals surface area contributed by atoms with Crippen molar-refractivity contribution in [2.45, 2.75) is 13.0 Å². The van der Waals surface area contributed by atoms with Gasteiger partial charge in [-0.3, -0.25) is 4.57 Å². The molecule has 1 heterocycles. The van der Waals surface area contributed by atoms with E-state index in [1.165, 1.54) is 22.8 Å². The Hall–Kier alpha value is -3.22. The van der Waals surface area contributed by atoms with E-state index in [0.717, 1.165) is 5.75 Å². The summed E-state index contributed by atoms with van der Waals surface area (Å²) in [6.45, 7) is 0.773. The Morgan fingerprint density at radius 3 is 2.56 bits per heavy atom. The van der Waals surface area contributed by atoms with Crippen LogP contribution in [0.2, 0.25) is 0 Å². The average molecular weight is 343 g/mol. The first-order valence-corrected chi connectivity index (χ1v) is 7.72. The van der Waals surface area contributed by atoms with Crippen molar-refractivity contribution in [2.24, 2.45) is 0 Å². The smallest absolute Gasteiger partial charge is 0.419 e. The van der Waals surface area contributed by atoms with Gasteiger partial charge in [0.2, 0.25) is 0 Å². The molecule has 1 N–H and O–H groups in total. The number of methoxy groups -OCH3 is 1. The molecule has 0 aliphatic rings. The molecular formula is C18H17NO6. The first kappa shape index (κ1) is 16.6. The van der Waals surface area contributed by atoms with E-state index in [1.54, 1.807) is 31.4 Å². The van der Waals surface area contributed by atoms with E-state index in [2.05, 4.69) is 0 Å². The van der Waals surface area contributed by atoms with Crippen LogP contribution in [0, 0.1) is 0 Å². The Kier molecular flexibility index (Phi) is 4.74. The van der Waals surface area contributed by atoms with Crippen LogP contribution in [0.3, 0.4) is 0 Å². The summed E-state index contributed by atoms with van der Waals surface area (Å²) < 4.78 is 17.3. The summed E-state index contributed by atoms with van der Waals surface area (Å²) in [5.41, 5.74) is 0.942. The normalized spacial score (nSPS) is 10.8. The fourth-order valence-electron chi connectivity index (χ4n) is 2.49. The van der Waals surface area contributed by atoms with Gasteiger partial charge < -0.3 is 19.0 Å². The van der Waals surface area contributed by atoms with Gasteiger partial charge >= 0.3 is 11.7 Å². The van der Waals surface area contributed by atoms with Gasteiger partial charge in [0.1, 0.15) is 11.5 Å². The van der Waals surface area contributed by atoms with Crippen molar-refractivity contribution in [3.8, 4) is 11.5 Å². The highest BCUT2D eigenvalue weighted by Crippen LogP contribution is 2.18. The largest absolute Gasteiger partial charge is 0.497 e. The van der Waals surface area contributed by atoms with E-state index >= 15 is 0 Å². The average Bonchev–Trinajstić information content (AvgIpc) is 2.93. The predicted molar refractivity (Wildman–Crippen MR) is 90.5 cm³/mol. The number of nitrogens with zero attached hydrogens (tertiary/aromatic N) is 1. The molecule has 0 fully saturated rings. The van der Waals surface area contributed by atoms with Gasteiger partial charge in [-0.2, -0.15) is 0 Å². The third kappa shape index (κ3) is 3.65. The van der Waals surface area contributed by atoms with E-state index in [-0.39, 0.29) is 5.56 Å². The second kappa shape index (κ2) is 7.12. The molecule has 7 nitrogen and oxygen atoms in total. The minimum atomic E-state index is -1.05. The Bertz CT molecular complexity index is 938. The summed E-state index contributed by atoms with van der Waals surface area (Å²) in [5.74, 6) is -0.108. The van der Waals surface area contributed by atoms with Crippen molar-refractivity contribution in [3.05, 3.63) is 58.6 Å². The Labute approximate surface area is 143 Å². The van der Waals surface area contributed by atoms with Crippen LogP contribution in [0.1, 0.15) is 16.8 Å². The summed E-state index contributed by atoms with van der Waals surface area (Å²) in [4.78, 5) is 23.0. The lowest BCUT2D eigenvalue weighted by atomic mass is 10.2. The number of rotatable bonds is 7. The summed E-state index contributed by atoms with van der Waals surface area (Å²) in [6.07, 6.45) is 0.567. The van der Waals surface area contributed by atoms with Crippen LogP contribution in [0.15, 0.2) is 51.7 Å². The lowest BCUT2D eigenvalue weighted by Gasteiger charge is -2.07. The molecule has 0 bridgehead atoms. The quantitative estimate of drug-likeness (QED) is 0.663. The number of hydrogen-bond donors (Lipinski definition) is 1.